The lowest BCUT2D eigenvalue weighted by Gasteiger charge is -2.29. The normalized spacial score (nSPS) is 23.3. The predicted octanol–water partition coefficient (Wildman–Crippen LogP) is 2.68. The van der Waals surface area contributed by atoms with Gasteiger partial charge in [-0.1, -0.05) is 12.1 Å². The van der Waals surface area contributed by atoms with Gasteiger partial charge in [-0.2, -0.15) is 11.3 Å². The van der Waals surface area contributed by atoms with Crippen LogP contribution in [0.15, 0.2) is 41.1 Å². The number of ether oxygens (including phenoxy) is 2. The van der Waals surface area contributed by atoms with E-state index in [0.29, 0.717) is 38.2 Å². The summed E-state index contributed by atoms with van der Waals surface area (Å²) in [5.74, 6) is 1.48. The van der Waals surface area contributed by atoms with E-state index in [0.717, 1.165) is 18.6 Å². The molecule has 2 aromatic rings. The van der Waals surface area contributed by atoms with Crippen molar-refractivity contribution >= 4 is 23.2 Å². The van der Waals surface area contributed by atoms with Crippen LogP contribution in [0.25, 0.3) is 0 Å². The Morgan fingerprint density at radius 2 is 2.14 bits per heavy atom. The van der Waals surface area contributed by atoms with Gasteiger partial charge < -0.3 is 20.1 Å². The second-order valence-corrected chi connectivity index (χ2v) is 8.22. The van der Waals surface area contributed by atoms with E-state index in [1.165, 1.54) is 5.56 Å². The van der Waals surface area contributed by atoms with Crippen LogP contribution in [0.3, 0.4) is 0 Å². The molecule has 0 aliphatic carbocycles. The van der Waals surface area contributed by atoms with Gasteiger partial charge in [-0.05, 0) is 53.8 Å². The number of fused-ring (bicyclic) bond motifs is 1. The summed E-state index contributed by atoms with van der Waals surface area (Å²) in [4.78, 5) is 24.2. The second-order valence-electron chi connectivity index (χ2n) is 7.44. The number of carbonyl (C=O) groups is 2. The van der Waals surface area contributed by atoms with Gasteiger partial charge >= 0.3 is 0 Å². The molecule has 0 unspecified atom stereocenters. The van der Waals surface area contributed by atoms with Gasteiger partial charge in [0.25, 0.3) is 0 Å². The average Bonchev–Trinajstić information content (AvgIpc) is 3.35. The van der Waals surface area contributed by atoms with E-state index < -0.39 is 0 Å². The Balaban J connectivity index is 1.27. The molecule has 1 aromatic heterocycles. The Labute approximate surface area is 168 Å². The van der Waals surface area contributed by atoms with E-state index in [-0.39, 0.29) is 23.5 Å². The Hall–Kier alpha value is -2.54. The summed E-state index contributed by atoms with van der Waals surface area (Å²) in [6.07, 6.45) is 2.86. The number of benzene rings is 1. The van der Waals surface area contributed by atoms with Gasteiger partial charge in [-0.25, -0.2) is 0 Å². The zero-order chi connectivity index (χ0) is 19.4. The second kappa shape index (κ2) is 8.22. The fourth-order valence-corrected chi connectivity index (χ4v) is 4.47. The average molecular weight is 401 g/mol. The monoisotopic (exact) mass is 400 g/mol. The first-order valence-corrected chi connectivity index (χ1v) is 10.5. The molecule has 7 heteroatoms. The van der Waals surface area contributed by atoms with Crippen LogP contribution >= 0.6 is 11.3 Å². The molecule has 3 heterocycles. The van der Waals surface area contributed by atoms with Crippen LogP contribution in [0.2, 0.25) is 0 Å². The molecule has 2 N–H and O–H groups in total. The number of hydrogen-bond donors (Lipinski definition) is 2. The van der Waals surface area contributed by atoms with E-state index in [2.05, 4.69) is 22.1 Å². The van der Waals surface area contributed by atoms with Crippen molar-refractivity contribution in [2.75, 3.05) is 13.2 Å². The quantitative estimate of drug-likeness (QED) is 0.749. The molecule has 2 atom stereocenters. The maximum absolute atomic E-state index is 12.4. The van der Waals surface area contributed by atoms with Crippen LogP contribution in [0, 0.1) is 0 Å². The van der Waals surface area contributed by atoms with Gasteiger partial charge in [0.15, 0.2) is 11.5 Å². The minimum Gasteiger partial charge on any atom is -0.486 e. The summed E-state index contributed by atoms with van der Waals surface area (Å²) in [6.45, 7) is 0.812. The van der Waals surface area contributed by atoms with Crippen LogP contribution in [0.5, 0.6) is 11.5 Å². The van der Waals surface area contributed by atoms with Crippen LogP contribution in [0.1, 0.15) is 31.2 Å². The van der Waals surface area contributed by atoms with Crippen molar-refractivity contribution in [1.82, 2.24) is 10.6 Å². The fraction of sp³-hybridized carbons (Fsp3) is 0.429. The fourth-order valence-electron chi connectivity index (χ4n) is 3.80. The number of carbonyl (C=O) groups excluding carboxylic acids is 2. The van der Waals surface area contributed by atoms with Crippen molar-refractivity contribution in [3.05, 3.63) is 46.7 Å². The molecule has 0 radical (unpaired) electrons. The predicted molar refractivity (Wildman–Crippen MR) is 107 cm³/mol. The molecule has 6 nitrogen and oxygen atoms in total. The highest BCUT2D eigenvalue weighted by Gasteiger charge is 2.38. The Kier molecular flexibility index (Phi) is 5.52. The van der Waals surface area contributed by atoms with Gasteiger partial charge in [0, 0.05) is 18.4 Å². The highest BCUT2D eigenvalue weighted by Crippen LogP contribution is 2.31. The first-order chi connectivity index (χ1) is 13.6. The first-order valence-electron chi connectivity index (χ1n) is 9.59. The molecular weight excluding hydrogens is 376 g/mol. The zero-order valence-corrected chi connectivity index (χ0v) is 16.4. The number of para-hydroxylation sites is 2. The summed E-state index contributed by atoms with van der Waals surface area (Å²) in [5.41, 5.74) is 0.887. The molecule has 0 bridgehead atoms. The molecule has 0 spiro atoms. The molecule has 2 aliphatic rings. The largest absolute Gasteiger partial charge is 0.486 e. The zero-order valence-electron chi connectivity index (χ0n) is 15.6. The van der Waals surface area contributed by atoms with Gasteiger partial charge in [0.1, 0.15) is 12.7 Å². The van der Waals surface area contributed by atoms with Crippen molar-refractivity contribution in [3.63, 3.8) is 0 Å². The molecule has 0 saturated carbocycles. The van der Waals surface area contributed by atoms with Gasteiger partial charge in [-0.3, -0.25) is 9.59 Å². The van der Waals surface area contributed by atoms with E-state index >= 15 is 0 Å². The van der Waals surface area contributed by atoms with E-state index in [1.807, 2.05) is 29.6 Å². The summed E-state index contributed by atoms with van der Waals surface area (Å²) < 4.78 is 11.5. The van der Waals surface area contributed by atoms with Gasteiger partial charge in [-0.15, -0.1) is 0 Å². The molecule has 1 fully saturated rings. The summed E-state index contributed by atoms with van der Waals surface area (Å²) >= 11 is 1.65. The number of amides is 2. The van der Waals surface area contributed by atoms with Crippen molar-refractivity contribution in [2.45, 2.75) is 43.7 Å². The highest BCUT2D eigenvalue weighted by molar-refractivity contribution is 7.07. The molecule has 1 aromatic carbocycles. The Morgan fingerprint density at radius 1 is 1.29 bits per heavy atom. The molecule has 2 amide bonds. The van der Waals surface area contributed by atoms with Crippen molar-refractivity contribution in [3.8, 4) is 11.5 Å². The van der Waals surface area contributed by atoms with Crippen LogP contribution < -0.4 is 20.1 Å². The summed E-state index contributed by atoms with van der Waals surface area (Å²) in [5, 5.41) is 10.2. The van der Waals surface area contributed by atoms with Crippen LogP contribution in [-0.4, -0.2) is 36.6 Å². The lowest BCUT2D eigenvalue weighted by atomic mass is 9.85. The topological polar surface area (TPSA) is 76.7 Å². The Morgan fingerprint density at radius 3 is 2.89 bits per heavy atom. The number of thiophene rings is 1. The number of hydrogen-bond acceptors (Lipinski definition) is 5. The number of nitrogens with one attached hydrogen (secondary N) is 2. The standard InChI is InChI=1S/C21H24N2O4S/c24-19(22-12-16-13-26-17-3-1-2-4-18(17)27-16)5-8-21(9-6-20(25)23-21)11-15-7-10-28-14-15/h1-4,7,10,14,16H,5-6,8-9,11-13H2,(H,22,24)(H,23,25)/t16-,21+/m1/s1. The lowest BCUT2D eigenvalue weighted by molar-refractivity contribution is -0.123. The third kappa shape index (κ3) is 4.47. The number of rotatable bonds is 7. The molecule has 1 saturated heterocycles. The lowest BCUT2D eigenvalue weighted by Crippen LogP contribution is -2.45. The minimum atomic E-state index is -0.321. The van der Waals surface area contributed by atoms with E-state index in [1.54, 1.807) is 11.3 Å². The maximum Gasteiger partial charge on any atom is 0.220 e. The van der Waals surface area contributed by atoms with Crippen LogP contribution in [-0.2, 0) is 16.0 Å². The van der Waals surface area contributed by atoms with Crippen molar-refractivity contribution < 1.29 is 19.1 Å². The molecule has 148 valence electrons. The summed E-state index contributed by atoms with van der Waals surface area (Å²) in [7, 11) is 0. The molecule has 2 aliphatic heterocycles. The third-order valence-corrected chi connectivity index (χ3v) is 6.01. The maximum atomic E-state index is 12.4. The minimum absolute atomic E-state index is 0.0340. The van der Waals surface area contributed by atoms with E-state index in [9.17, 15) is 9.59 Å². The molecular formula is C21H24N2O4S. The smallest absolute Gasteiger partial charge is 0.220 e. The van der Waals surface area contributed by atoms with Crippen molar-refractivity contribution in [2.24, 2.45) is 0 Å². The van der Waals surface area contributed by atoms with E-state index in [4.69, 9.17) is 9.47 Å². The summed E-state index contributed by atoms with van der Waals surface area (Å²) in [6, 6.07) is 9.60. The van der Waals surface area contributed by atoms with Gasteiger partial charge in [0.2, 0.25) is 11.8 Å². The SMILES string of the molecule is O=C(CC[C@@]1(Cc2ccsc2)CCC(=O)N1)NC[C@@H]1COc2ccccc2O1. The molecule has 28 heavy (non-hydrogen) atoms. The van der Waals surface area contributed by atoms with Crippen molar-refractivity contribution in [1.29, 1.82) is 0 Å². The highest BCUT2D eigenvalue weighted by atomic mass is 32.1. The first kappa shape index (κ1) is 18.8. The Bertz CT molecular complexity index is 839. The molecule has 4 rings (SSSR count). The van der Waals surface area contributed by atoms with Gasteiger partial charge in [0.05, 0.1) is 6.54 Å². The third-order valence-electron chi connectivity index (χ3n) is 5.28. The van der Waals surface area contributed by atoms with Crippen LogP contribution in [0.4, 0.5) is 0 Å².